The maximum atomic E-state index is 5.60. The molecule has 1 aliphatic rings. The molecule has 1 aliphatic carbocycles. The van der Waals surface area contributed by atoms with Crippen LogP contribution in [0.1, 0.15) is 43.3 Å². The number of nitrogens with zero attached hydrogens (tertiary/aromatic N) is 2. The fourth-order valence-corrected chi connectivity index (χ4v) is 3.52. The van der Waals surface area contributed by atoms with E-state index in [1.807, 2.05) is 18.4 Å². The molecule has 1 N–H and O–H groups in total. The van der Waals surface area contributed by atoms with E-state index in [4.69, 9.17) is 9.72 Å². The van der Waals surface area contributed by atoms with Crippen LogP contribution in [0.15, 0.2) is 0 Å². The molecule has 0 saturated heterocycles. The van der Waals surface area contributed by atoms with Crippen LogP contribution < -0.4 is 10.2 Å². The smallest absolute Gasteiger partial charge is 0.185 e. The molecule has 1 aromatic heterocycles. The van der Waals surface area contributed by atoms with Crippen molar-refractivity contribution in [2.75, 3.05) is 32.1 Å². The quantitative estimate of drug-likeness (QED) is 0.871. The van der Waals surface area contributed by atoms with E-state index in [1.54, 1.807) is 0 Å². The molecular weight excluding hydrogens is 258 g/mol. The maximum absolute atomic E-state index is 5.60. The number of likely N-dealkylation sites (N-methyl/N-ethyl adjacent to an activating group) is 1. The largest absolute Gasteiger partial charge is 0.377 e. The minimum atomic E-state index is 0.298. The predicted octanol–water partition coefficient (Wildman–Crippen LogP) is 2.60. The van der Waals surface area contributed by atoms with Crippen molar-refractivity contribution in [2.24, 2.45) is 0 Å². The van der Waals surface area contributed by atoms with Gasteiger partial charge in [0.05, 0.1) is 24.4 Å². The second kappa shape index (κ2) is 6.68. The van der Waals surface area contributed by atoms with E-state index in [1.165, 1.54) is 29.8 Å². The lowest BCUT2D eigenvalue weighted by atomic mass is 9.98. The normalized spacial score (nSPS) is 18.7. The van der Waals surface area contributed by atoms with Gasteiger partial charge in [0.25, 0.3) is 0 Å². The van der Waals surface area contributed by atoms with Crippen molar-refractivity contribution >= 4 is 16.5 Å². The highest BCUT2D eigenvalue weighted by molar-refractivity contribution is 7.15. The Bertz CT molecular complexity index is 405. The number of hydrogen-bond donors (Lipinski definition) is 1. The lowest BCUT2D eigenvalue weighted by molar-refractivity contribution is 0.0846. The van der Waals surface area contributed by atoms with Crippen LogP contribution in [-0.4, -0.2) is 38.3 Å². The van der Waals surface area contributed by atoms with E-state index >= 15 is 0 Å². The summed E-state index contributed by atoms with van der Waals surface area (Å²) in [5, 5.41) is 4.50. The van der Waals surface area contributed by atoms with Gasteiger partial charge >= 0.3 is 0 Å². The highest BCUT2D eigenvalue weighted by Gasteiger charge is 2.24. The van der Waals surface area contributed by atoms with Crippen molar-refractivity contribution in [1.82, 2.24) is 10.3 Å². The van der Waals surface area contributed by atoms with Crippen molar-refractivity contribution in [3.8, 4) is 0 Å². The summed E-state index contributed by atoms with van der Waals surface area (Å²) in [6.07, 6.45) is 3.95. The predicted molar refractivity (Wildman–Crippen MR) is 81.2 cm³/mol. The summed E-state index contributed by atoms with van der Waals surface area (Å²) in [4.78, 5) is 8.49. The van der Waals surface area contributed by atoms with Crippen LogP contribution in [0.5, 0.6) is 0 Å². The molecule has 1 aromatic rings. The van der Waals surface area contributed by atoms with E-state index < -0.39 is 0 Å². The SMILES string of the molecule is CNC1CCCc2sc(N(C)CCOC(C)C)nc21. The number of hydrogen-bond acceptors (Lipinski definition) is 5. The third-order valence-corrected chi connectivity index (χ3v) is 4.74. The Morgan fingerprint density at radius 3 is 3.00 bits per heavy atom. The summed E-state index contributed by atoms with van der Waals surface area (Å²) >= 11 is 1.84. The van der Waals surface area contributed by atoms with Gasteiger partial charge in [0.2, 0.25) is 0 Å². The average molecular weight is 283 g/mol. The molecule has 4 nitrogen and oxygen atoms in total. The van der Waals surface area contributed by atoms with Gasteiger partial charge in [-0.05, 0) is 40.2 Å². The Hall–Kier alpha value is -0.650. The van der Waals surface area contributed by atoms with Crippen LogP contribution >= 0.6 is 11.3 Å². The Balaban J connectivity index is 1.99. The number of fused-ring (bicyclic) bond motifs is 1. The molecule has 1 heterocycles. The van der Waals surface area contributed by atoms with Crippen LogP contribution in [-0.2, 0) is 11.2 Å². The molecule has 0 fully saturated rings. The fraction of sp³-hybridized carbons (Fsp3) is 0.786. The molecule has 0 amide bonds. The van der Waals surface area contributed by atoms with Crippen molar-refractivity contribution in [1.29, 1.82) is 0 Å². The van der Waals surface area contributed by atoms with Crippen molar-refractivity contribution < 1.29 is 4.74 Å². The summed E-state index contributed by atoms with van der Waals surface area (Å²) in [6.45, 7) is 5.79. The zero-order valence-corrected chi connectivity index (χ0v) is 13.2. The molecule has 0 aromatic carbocycles. The summed E-state index contributed by atoms with van der Waals surface area (Å²) in [5.74, 6) is 0. The highest BCUT2D eigenvalue weighted by Crippen LogP contribution is 2.36. The van der Waals surface area contributed by atoms with Gasteiger partial charge in [-0.1, -0.05) is 0 Å². The zero-order chi connectivity index (χ0) is 13.8. The van der Waals surface area contributed by atoms with Crippen LogP contribution in [0.4, 0.5) is 5.13 Å². The number of ether oxygens (including phenoxy) is 1. The Morgan fingerprint density at radius 2 is 2.32 bits per heavy atom. The lowest BCUT2D eigenvalue weighted by Crippen LogP contribution is -2.24. The Labute approximate surface area is 120 Å². The second-order valence-electron chi connectivity index (χ2n) is 5.38. The third kappa shape index (κ3) is 3.68. The van der Waals surface area contributed by atoms with Crippen molar-refractivity contribution in [3.63, 3.8) is 0 Å². The molecule has 1 unspecified atom stereocenters. The molecule has 0 bridgehead atoms. The summed E-state index contributed by atoms with van der Waals surface area (Å²) in [7, 11) is 4.13. The third-order valence-electron chi connectivity index (χ3n) is 3.50. The van der Waals surface area contributed by atoms with Gasteiger partial charge in [-0.3, -0.25) is 0 Å². The van der Waals surface area contributed by atoms with Gasteiger partial charge in [-0.25, -0.2) is 4.98 Å². The number of nitrogens with one attached hydrogen (secondary N) is 1. The fourth-order valence-electron chi connectivity index (χ4n) is 2.37. The molecule has 0 radical (unpaired) electrons. The van der Waals surface area contributed by atoms with Crippen LogP contribution in [0.3, 0.4) is 0 Å². The standard InChI is InChI=1S/C14H25N3OS/c1-10(2)18-9-8-17(4)14-16-13-11(15-3)6-5-7-12(13)19-14/h10-11,15H,5-9H2,1-4H3. The van der Waals surface area contributed by atoms with Gasteiger partial charge in [-0.2, -0.15) is 0 Å². The Kier molecular flexibility index (Phi) is 5.19. The molecular formula is C14H25N3OS. The molecule has 0 aliphatic heterocycles. The Morgan fingerprint density at radius 1 is 1.53 bits per heavy atom. The first kappa shape index (κ1) is 14.8. The molecule has 1 atom stereocenters. The molecule has 19 heavy (non-hydrogen) atoms. The first-order chi connectivity index (χ1) is 9.11. The number of thiazole rings is 1. The molecule has 2 rings (SSSR count). The zero-order valence-electron chi connectivity index (χ0n) is 12.4. The van der Waals surface area contributed by atoms with Crippen LogP contribution in [0.2, 0.25) is 0 Å². The first-order valence-corrected chi connectivity index (χ1v) is 7.93. The lowest BCUT2D eigenvalue weighted by Gasteiger charge is -2.20. The van der Waals surface area contributed by atoms with E-state index in [-0.39, 0.29) is 0 Å². The van der Waals surface area contributed by atoms with E-state index in [0.717, 1.165) is 18.3 Å². The first-order valence-electron chi connectivity index (χ1n) is 7.11. The number of aromatic nitrogens is 1. The second-order valence-corrected chi connectivity index (χ2v) is 6.44. The molecule has 5 heteroatoms. The highest BCUT2D eigenvalue weighted by atomic mass is 32.1. The van der Waals surface area contributed by atoms with Gasteiger partial charge in [0.15, 0.2) is 5.13 Å². The number of rotatable bonds is 6. The van der Waals surface area contributed by atoms with Crippen LogP contribution in [0, 0.1) is 0 Å². The number of aryl methyl sites for hydroxylation is 1. The monoisotopic (exact) mass is 283 g/mol. The molecule has 108 valence electrons. The topological polar surface area (TPSA) is 37.4 Å². The molecule has 0 spiro atoms. The van der Waals surface area contributed by atoms with Gasteiger partial charge in [-0.15, -0.1) is 11.3 Å². The van der Waals surface area contributed by atoms with Gasteiger partial charge in [0.1, 0.15) is 0 Å². The summed E-state index contributed by atoms with van der Waals surface area (Å²) in [5.41, 5.74) is 1.27. The van der Waals surface area contributed by atoms with Crippen LogP contribution in [0.25, 0.3) is 0 Å². The minimum Gasteiger partial charge on any atom is -0.377 e. The summed E-state index contributed by atoms with van der Waals surface area (Å²) < 4.78 is 5.60. The van der Waals surface area contributed by atoms with Crippen molar-refractivity contribution in [3.05, 3.63) is 10.6 Å². The summed E-state index contributed by atoms with van der Waals surface area (Å²) in [6, 6.07) is 0.439. The average Bonchev–Trinajstić information content (AvgIpc) is 2.81. The number of anilines is 1. The van der Waals surface area contributed by atoms with Gasteiger partial charge in [0, 0.05) is 18.5 Å². The van der Waals surface area contributed by atoms with E-state index in [0.29, 0.717) is 12.1 Å². The minimum absolute atomic E-state index is 0.298. The molecule has 0 saturated carbocycles. The maximum Gasteiger partial charge on any atom is 0.185 e. The van der Waals surface area contributed by atoms with E-state index in [2.05, 4.69) is 31.1 Å². The van der Waals surface area contributed by atoms with E-state index in [9.17, 15) is 0 Å². The van der Waals surface area contributed by atoms with Gasteiger partial charge < -0.3 is 15.0 Å². The van der Waals surface area contributed by atoms with Crippen molar-refractivity contribution in [2.45, 2.75) is 45.3 Å².